The van der Waals surface area contributed by atoms with Crippen molar-refractivity contribution >= 4 is 5.97 Å². The van der Waals surface area contributed by atoms with Gasteiger partial charge in [0.05, 0.1) is 27.9 Å². The fourth-order valence-electron chi connectivity index (χ4n) is 4.39. The highest BCUT2D eigenvalue weighted by atomic mass is 17.2. The van der Waals surface area contributed by atoms with E-state index in [2.05, 4.69) is 4.90 Å². The van der Waals surface area contributed by atoms with Crippen molar-refractivity contribution in [1.82, 2.24) is 4.90 Å². The molecule has 0 aromatic heterocycles. The second-order valence-corrected chi connectivity index (χ2v) is 9.06. The largest absolute Gasteiger partial charge is 0.497 e. The Labute approximate surface area is 221 Å². The number of methoxy groups -OCH3 is 3. The van der Waals surface area contributed by atoms with Crippen LogP contribution in [-0.2, 0) is 31.5 Å². The number of rotatable bonds is 12. The minimum absolute atomic E-state index is 0.101. The topological polar surface area (TPSA) is 105 Å². The zero-order valence-corrected chi connectivity index (χ0v) is 22.2. The lowest BCUT2D eigenvalue weighted by Crippen LogP contribution is -2.29. The maximum absolute atomic E-state index is 13.1. The lowest BCUT2D eigenvalue weighted by atomic mass is 9.89. The minimum Gasteiger partial charge on any atom is -0.497 e. The highest BCUT2D eigenvalue weighted by molar-refractivity contribution is 5.97. The Morgan fingerprint density at radius 2 is 1.76 bits per heavy atom. The van der Waals surface area contributed by atoms with Crippen molar-refractivity contribution in [2.45, 2.75) is 18.6 Å². The van der Waals surface area contributed by atoms with Crippen molar-refractivity contribution in [2.24, 2.45) is 0 Å². The molecule has 0 saturated heterocycles. The highest BCUT2D eigenvalue weighted by Crippen LogP contribution is 2.46. The first-order valence-electron chi connectivity index (χ1n) is 12.2. The van der Waals surface area contributed by atoms with E-state index in [4.69, 9.17) is 33.5 Å². The van der Waals surface area contributed by atoms with Gasteiger partial charge < -0.3 is 38.6 Å². The number of benzene rings is 2. The van der Waals surface area contributed by atoms with Crippen LogP contribution in [0.25, 0.3) is 0 Å². The molecule has 0 radical (unpaired) electrons. The minimum atomic E-state index is -2.05. The predicted octanol–water partition coefficient (Wildman–Crippen LogP) is 3.13. The molecular weight excluding hydrogens is 494 g/mol. The summed E-state index contributed by atoms with van der Waals surface area (Å²) in [4.78, 5) is 25.4. The van der Waals surface area contributed by atoms with Gasteiger partial charge in [-0.05, 0) is 68.6 Å². The van der Waals surface area contributed by atoms with E-state index in [9.17, 15) is 9.90 Å². The van der Waals surface area contributed by atoms with E-state index in [-0.39, 0.29) is 29.9 Å². The van der Waals surface area contributed by atoms with Crippen molar-refractivity contribution in [1.29, 1.82) is 0 Å². The number of esters is 1. The summed E-state index contributed by atoms with van der Waals surface area (Å²) in [6.45, 7) is 1.49. The highest BCUT2D eigenvalue weighted by Gasteiger charge is 2.50. The number of nitrogens with zero attached hydrogens (tertiary/aromatic N) is 1. The summed E-state index contributed by atoms with van der Waals surface area (Å²) >= 11 is 0. The smallest absolute Gasteiger partial charge is 0.345 e. The van der Waals surface area contributed by atoms with Crippen LogP contribution >= 0.6 is 0 Å². The molecule has 0 bridgehead atoms. The molecule has 0 saturated carbocycles. The Hall–Kier alpha value is -3.73. The molecule has 2 aliphatic heterocycles. The van der Waals surface area contributed by atoms with Gasteiger partial charge in [0.2, 0.25) is 5.75 Å². The molecule has 1 unspecified atom stereocenters. The van der Waals surface area contributed by atoms with Crippen LogP contribution < -0.4 is 18.9 Å². The summed E-state index contributed by atoms with van der Waals surface area (Å²) in [6.07, 6.45) is 2.53. The van der Waals surface area contributed by atoms with Gasteiger partial charge in [0, 0.05) is 24.1 Å². The van der Waals surface area contributed by atoms with E-state index in [1.54, 1.807) is 56.7 Å². The SMILES string of the molecule is COc1ccc(C2(O)OC(=O)C(C3=CCOO3)=C2Cc2cc(OC)c(OC)c(OCCCN(C)C)c2)cc1. The zero-order chi connectivity index (χ0) is 27.3. The third-order valence-corrected chi connectivity index (χ3v) is 6.26. The van der Waals surface area contributed by atoms with Crippen molar-refractivity contribution in [3.8, 4) is 23.0 Å². The summed E-state index contributed by atoms with van der Waals surface area (Å²) in [5.74, 6) is -0.599. The normalized spacial score (nSPS) is 18.8. The first kappa shape index (κ1) is 27.3. The van der Waals surface area contributed by atoms with Gasteiger partial charge in [0.15, 0.2) is 17.3 Å². The maximum atomic E-state index is 13.1. The standard InChI is InChI=1S/C28H33NO9/c1-29(2)12-6-13-35-24-17-18(16-23(33-4)26(24)34-5)15-21-25(22-11-14-36-38-22)27(30)37-28(21,31)19-7-9-20(32-3)10-8-19/h7-11,16-17,31H,6,12-15H2,1-5H3. The Bertz CT molecular complexity index is 1220. The quantitative estimate of drug-likeness (QED) is 0.251. The molecule has 38 heavy (non-hydrogen) atoms. The molecule has 204 valence electrons. The number of ether oxygens (including phenoxy) is 5. The van der Waals surface area contributed by atoms with Crippen LogP contribution in [0, 0.1) is 0 Å². The van der Waals surface area contributed by atoms with Crippen LogP contribution in [0.1, 0.15) is 17.5 Å². The molecule has 2 aromatic carbocycles. The van der Waals surface area contributed by atoms with Crippen LogP contribution in [0.5, 0.6) is 23.0 Å². The monoisotopic (exact) mass is 527 g/mol. The first-order chi connectivity index (χ1) is 18.3. The second kappa shape index (κ2) is 11.8. The van der Waals surface area contributed by atoms with Gasteiger partial charge in [-0.3, -0.25) is 0 Å². The van der Waals surface area contributed by atoms with E-state index in [1.165, 1.54) is 7.11 Å². The molecule has 10 nitrogen and oxygen atoms in total. The molecule has 0 aliphatic carbocycles. The van der Waals surface area contributed by atoms with Crippen LogP contribution in [0.4, 0.5) is 0 Å². The number of hydrogen-bond donors (Lipinski definition) is 1. The maximum Gasteiger partial charge on any atom is 0.345 e. The van der Waals surface area contributed by atoms with Gasteiger partial charge in [-0.2, -0.15) is 4.89 Å². The number of carbonyl (C=O) groups excluding carboxylic acids is 1. The van der Waals surface area contributed by atoms with E-state index in [0.29, 0.717) is 40.7 Å². The van der Waals surface area contributed by atoms with Crippen molar-refractivity contribution in [2.75, 3.05) is 55.2 Å². The Morgan fingerprint density at radius 1 is 1.03 bits per heavy atom. The van der Waals surface area contributed by atoms with Gasteiger partial charge in [-0.25, -0.2) is 4.79 Å². The summed E-state index contributed by atoms with van der Waals surface area (Å²) in [6, 6.07) is 10.2. The molecular formula is C28H33NO9. The third-order valence-electron chi connectivity index (χ3n) is 6.26. The summed E-state index contributed by atoms with van der Waals surface area (Å²) in [7, 11) is 8.62. The molecule has 1 N–H and O–H groups in total. The van der Waals surface area contributed by atoms with E-state index >= 15 is 0 Å². The predicted molar refractivity (Wildman–Crippen MR) is 137 cm³/mol. The molecule has 0 amide bonds. The molecule has 4 rings (SSSR count). The Kier molecular flexibility index (Phi) is 8.45. The zero-order valence-electron chi connectivity index (χ0n) is 22.2. The molecule has 2 aliphatic rings. The molecule has 1 atom stereocenters. The molecule has 2 heterocycles. The van der Waals surface area contributed by atoms with Crippen molar-refractivity contribution in [3.05, 3.63) is 70.5 Å². The van der Waals surface area contributed by atoms with E-state index in [0.717, 1.165) is 13.0 Å². The van der Waals surface area contributed by atoms with Crippen LogP contribution in [-0.4, -0.2) is 71.2 Å². The van der Waals surface area contributed by atoms with Gasteiger partial charge >= 0.3 is 5.97 Å². The lowest BCUT2D eigenvalue weighted by Gasteiger charge is -2.26. The molecule has 2 aromatic rings. The Morgan fingerprint density at radius 3 is 2.37 bits per heavy atom. The van der Waals surface area contributed by atoms with Gasteiger partial charge in [0.25, 0.3) is 5.79 Å². The summed E-state index contributed by atoms with van der Waals surface area (Å²) < 4.78 is 28.0. The summed E-state index contributed by atoms with van der Waals surface area (Å²) in [5.41, 5.74) is 1.44. The summed E-state index contributed by atoms with van der Waals surface area (Å²) in [5, 5.41) is 11.8. The number of cyclic esters (lactones) is 1. The lowest BCUT2D eigenvalue weighted by molar-refractivity contribution is -0.231. The van der Waals surface area contributed by atoms with Crippen LogP contribution in [0.15, 0.2) is 59.4 Å². The number of aliphatic hydroxyl groups is 1. The van der Waals surface area contributed by atoms with Gasteiger partial charge in [-0.1, -0.05) is 0 Å². The average molecular weight is 528 g/mol. The fraction of sp³-hybridized carbons (Fsp3) is 0.393. The number of hydrogen-bond acceptors (Lipinski definition) is 10. The van der Waals surface area contributed by atoms with Gasteiger partial charge in [-0.15, -0.1) is 0 Å². The van der Waals surface area contributed by atoms with Crippen LogP contribution in [0.2, 0.25) is 0 Å². The van der Waals surface area contributed by atoms with E-state index < -0.39 is 11.8 Å². The van der Waals surface area contributed by atoms with Crippen LogP contribution in [0.3, 0.4) is 0 Å². The van der Waals surface area contributed by atoms with Crippen molar-refractivity contribution in [3.63, 3.8) is 0 Å². The third kappa shape index (κ3) is 5.57. The fourth-order valence-corrected chi connectivity index (χ4v) is 4.39. The second-order valence-electron chi connectivity index (χ2n) is 9.06. The molecule has 10 heteroatoms. The van der Waals surface area contributed by atoms with Crippen molar-refractivity contribution < 1.29 is 43.4 Å². The van der Waals surface area contributed by atoms with Gasteiger partial charge in [0.1, 0.15) is 17.9 Å². The molecule has 0 spiro atoms. The average Bonchev–Trinajstić information content (AvgIpc) is 3.52. The number of carbonyl (C=O) groups is 1. The Balaban J connectivity index is 1.76. The molecule has 0 fully saturated rings. The first-order valence-corrected chi connectivity index (χ1v) is 12.2. The van der Waals surface area contributed by atoms with E-state index in [1.807, 2.05) is 14.1 Å².